The number of benzene rings is 1. The largest absolute Gasteiger partial charge is 0.383 e. The van der Waals surface area contributed by atoms with Crippen molar-refractivity contribution in [3.05, 3.63) is 59.5 Å². The Morgan fingerprint density at radius 1 is 1.00 bits per heavy atom. The van der Waals surface area contributed by atoms with Gasteiger partial charge in [0.2, 0.25) is 5.95 Å². The Kier molecular flexibility index (Phi) is 2.93. The van der Waals surface area contributed by atoms with E-state index in [2.05, 4.69) is 31.0 Å². The van der Waals surface area contributed by atoms with Crippen LogP contribution in [-0.2, 0) is 0 Å². The molecule has 3 aromatic heterocycles. The highest BCUT2D eigenvalue weighted by Gasteiger charge is 2.14. The molecule has 22 heavy (non-hydrogen) atoms. The minimum absolute atomic E-state index is 0.369. The van der Waals surface area contributed by atoms with Crippen LogP contribution in [0.2, 0.25) is 0 Å². The lowest BCUT2D eigenvalue weighted by atomic mass is 10.2. The smallest absolute Gasteiger partial charge is 0.238 e. The molecule has 3 heterocycles. The van der Waals surface area contributed by atoms with E-state index in [-0.39, 0.29) is 0 Å². The summed E-state index contributed by atoms with van der Waals surface area (Å²) >= 11 is 3.43. The molecule has 0 aliphatic carbocycles. The molecule has 0 bridgehead atoms. The Morgan fingerprint density at radius 3 is 2.68 bits per heavy atom. The zero-order valence-corrected chi connectivity index (χ0v) is 13.0. The van der Waals surface area contributed by atoms with Gasteiger partial charge in [-0.15, -0.1) is 0 Å². The van der Waals surface area contributed by atoms with Gasteiger partial charge in [0.15, 0.2) is 5.82 Å². The molecule has 7 heteroatoms. The van der Waals surface area contributed by atoms with Crippen LogP contribution in [0, 0.1) is 0 Å². The molecule has 4 aromatic rings. The maximum Gasteiger partial charge on any atom is 0.238 e. The van der Waals surface area contributed by atoms with Gasteiger partial charge < -0.3 is 5.73 Å². The average Bonchev–Trinajstić information content (AvgIpc) is 3.19. The predicted octanol–water partition coefficient (Wildman–Crippen LogP) is 2.95. The molecule has 2 N–H and O–H groups in total. The fraction of sp³-hybridized carbons (Fsp3) is 0. The van der Waals surface area contributed by atoms with Crippen molar-refractivity contribution in [3.63, 3.8) is 0 Å². The predicted molar refractivity (Wildman–Crippen MR) is 88.1 cm³/mol. The second-order valence-corrected chi connectivity index (χ2v) is 5.53. The maximum absolute atomic E-state index is 6.03. The summed E-state index contributed by atoms with van der Waals surface area (Å²) in [6, 6.07) is 11.9. The first-order chi connectivity index (χ1) is 10.7. The van der Waals surface area contributed by atoms with Crippen LogP contribution < -0.4 is 5.73 Å². The van der Waals surface area contributed by atoms with Gasteiger partial charge >= 0.3 is 0 Å². The van der Waals surface area contributed by atoms with Crippen molar-refractivity contribution in [3.8, 4) is 11.8 Å². The SMILES string of the molecule is Nc1nc(-n2ccc3ccccc32)nc(-n2cccn2)c1Br. The zero-order chi connectivity index (χ0) is 15.1. The summed E-state index contributed by atoms with van der Waals surface area (Å²) in [6.45, 7) is 0. The third-order valence-corrected chi connectivity index (χ3v) is 4.14. The van der Waals surface area contributed by atoms with E-state index in [1.807, 2.05) is 53.4 Å². The molecule has 0 spiro atoms. The first-order valence-corrected chi connectivity index (χ1v) is 7.43. The van der Waals surface area contributed by atoms with Crippen molar-refractivity contribution in [1.82, 2.24) is 24.3 Å². The number of nitrogens with two attached hydrogens (primary N) is 1. The van der Waals surface area contributed by atoms with Crippen LogP contribution >= 0.6 is 15.9 Å². The molecular formula is C15H11BrN6. The van der Waals surface area contributed by atoms with Gasteiger partial charge in [0, 0.05) is 24.0 Å². The minimum Gasteiger partial charge on any atom is -0.383 e. The number of para-hydroxylation sites is 1. The number of anilines is 1. The molecule has 0 fully saturated rings. The monoisotopic (exact) mass is 354 g/mol. The molecule has 0 saturated carbocycles. The van der Waals surface area contributed by atoms with Gasteiger partial charge in [-0.25, -0.2) is 4.68 Å². The van der Waals surface area contributed by atoms with Gasteiger partial charge in [0.1, 0.15) is 10.3 Å². The Morgan fingerprint density at radius 2 is 1.86 bits per heavy atom. The second-order valence-electron chi connectivity index (χ2n) is 4.74. The third-order valence-electron chi connectivity index (χ3n) is 3.38. The average molecular weight is 355 g/mol. The minimum atomic E-state index is 0.369. The lowest BCUT2D eigenvalue weighted by Crippen LogP contribution is -2.09. The summed E-state index contributed by atoms with van der Waals surface area (Å²) in [5, 5.41) is 5.32. The van der Waals surface area contributed by atoms with E-state index in [9.17, 15) is 0 Å². The van der Waals surface area contributed by atoms with E-state index in [0.717, 1.165) is 10.9 Å². The summed E-state index contributed by atoms with van der Waals surface area (Å²) < 4.78 is 4.18. The van der Waals surface area contributed by atoms with Crippen LogP contribution in [-0.4, -0.2) is 24.3 Å². The fourth-order valence-corrected chi connectivity index (χ4v) is 2.71. The first kappa shape index (κ1) is 13.0. The molecular weight excluding hydrogens is 344 g/mol. The molecule has 0 aliphatic heterocycles. The number of aromatic nitrogens is 5. The number of fused-ring (bicyclic) bond motifs is 1. The second kappa shape index (κ2) is 4.96. The molecule has 0 unspecified atom stereocenters. The molecule has 0 aliphatic rings. The quantitative estimate of drug-likeness (QED) is 0.600. The normalized spacial score (nSPS) is 11.1. The van der Waals surface area contributed by atoms with E-state index in [1.54, 1.807) is 10.9 Å². The lowest BCUT2D eigenvalue weighted by Gasteiger charge is -2.10. The van der Waals surface area contributed by atoms with Crippen molar-refractivity contribution in [1.29, 1.82) is 0 Å². The van der Waals surface area contributed by atoms with Crippen LogP contribution in [0.4, 0.5) is 5.82 Å². The van der Waals surface area contributed by atoms with E-state index >= 15 is 0 Å². The molecule has 0 atom stereocenters. The molecule has 0 amide bonds. The maximum atomic E-state index is 6.03. The van der Waals surface area contributed by atoms with Crippen molar-refractivity contribution < 1.29 is 0 Å². The Hall–Kier alpha value is -2.67. The Balaban J connectivity index is 1.96. The van der Waals surface area contributed by atoms with Gasteiger partial charge in [-0.05, 0) is 34.1 Å². The summed E-state index contributed by atoms with van der Waals surface area (Å²) in [7, 11) is 0. The zero-order valence-electron chi connectivity index (χ0n) is 11.4. The number of hydrogen-bond acceptors (Lipinski definition) is 4. The van der Waals surface area contributed by atoms with E-state index in [4.69, 9.17) is 5.73 Å². The molecule has 6 nitrogen and oxygen atoms in total. The van der Waals surface area contributed by atoms with Crippen molar-refractivity contribution >= 4 is 32.7 Å². The highest BCUT2D eigenvalue weighted by molar-refractivity contribution is 9.10. The molecule has 108 valence electrons. The van der Waals surface area contributed by atoms with Gasteiger partial charge in [-0.3, -0.25) is 4.57 Å². The summed E-state index contributed by atoms with van der Waals surface area (Å²) in [5.41, 5.74) is 7.05. The van der Waals surface area contributed by atoms with Crippen molar-refractivity contribution in [2.24, 2.45) is 0 Å². The van der Waals surface area contributed by atoms with E-state index in [1.165, 1.54) is 0 Å². The van der Waals surface area contributed by atoms with Crippen molar-refractivity contribution in [2.45, 2.75) is 0 Å². The molecule has 4 rings (SSSR count). The molecule has 0 radical (unpaired) electrons. The van der Waals surface area contributed by atoms with Crippen molar-refractivity contribution in [2.75, 3.05) is 5.73 Å². The summed E-state index contributed by atoms with van der Waals surface area (Å²) in [5.74, 6) is 1.48. The van der Waals surface area contributed by atoms with Gasteiger partial charge in [-0.1, -0.05) is 18.2 Å². The summed E-state index contributed by atoms with van der Waals surface area (Å²) in [6.07, 6.45) is 5.43. The Labute approximate surface area is 134 Å². The summed E-state index contributed by atoms with van der Waals surface area (Å²) in [4.78, 5) is 8.97. The van der Waals surface area contributed by atoms with Crippen LogP contribution in [0.25, 0.3) is 22.7 Å². The van der Waals surface area contributed by atoms with Crippen LogP contribution in [0.5, 0.6) is 0 Å². The van der Waals surface area contributed by atoms with Gasteiger partial charge in [-0.2, -0.15) is 15.1 Å². The molecule has 0 saturated heterocycles. The standard InChI is InChI=1S/C15H11BrN6/c16-12-13(17)19-15(20-14(12)22-8-3-7-18-22)21-9-6-10-4-1-2-5-11(10)21/h1-9H,(H2,17,19,20). The third kappa shape index (κ3) is 1.98. The van der Waals surface area contributed by atoms with Crippen LogP contribution in [0.15, 0.2) is 59.5 Å². The lowest BCUT2D eigenvalue weighted by molar-refractivity contribution is 0.819. The fourth-order valence-electron chi connectivity index (χ4n) is 2.35. The highest BCUT2D eigenvalue weighted by atomic mass is 79.9. The Bertz CT molecular complexity index is 958. The van der Waals surface area contributed by atoms with Crippen LogP contribution in [0.3, 0.4) is 0 Å². The number of nitrogens with zero attached hydrogens (tertiary/aromatic N) is 5. The highest BCUT2D eigenvalue weighted by Crippen LogP contribution is 2.26. The molecule has 1 aromatic carbocycles. The van der Waals surface area contributed by atoms with E-state index < -0.39 is 0 Å². The van der Waals surface area contributed by atoms with Gasteiger partial charge in [0.25, 0.3) is 0 Å². The number of hydrogen-bond donors (Lipinski definition) is 1. The van der Waals surface area contributed by atoms with E-state index in [0.29, 0.717) is 22.1 Å². The number of nitrogen functional groups attached to an aromatic ring is 1. The first-order valence-electron chi connectivity index (χ1n) is 6.63. The van der Waals surface area contributed by atoms with Crippen LogP contribution in [0.1, 0.15) is 0 Å². The number of rotatable bonds is 2. The van der Waals surface area contributed by atoms with Gasteiger partial charge in [0.05, 0.1) is 5.52 Å². The number of halogens is 1. The topological polar surface area (TPSA) is 74.5 Å².